The number of nitro benzene ring substituents is 1. The second-order valence-electron chi connectivity index (χ2n) is 4.96. The van der Waals surface area contributed by atoms with Crippen molar-refractivity contribution < 1.29 is 14.5 Å². The van der Waals surface area contributed by atoms with E-state index in [-0.39, 0.29) is 11.6 Å². The summed E-state index contributed by atoms with van der Waals surface area (Å²) < 4.78 is 5.66. The molecule has 0 aliphatic rings. The molecule has 0 radical (unpaired) electrons. The van der Waals surface area contributed by atoms with E-state index in [0.29, 0.717) is 23.6 Å². The van der Waals surface area contributed by atoms with Crippen LogP contribution in [0.25, 0.3) is 0 Å². The third-order valence-corrected chi connectivity index (χ3v) is 3.23. The van der Waals surface area contributed by atoms with E-state index in [9.17, 15) is 14.9 Å². The average Bonchev–Trinajstić information content (AvgIpc) is 2.56. The van der Waals surface area contributed by atoms with Crippen molar-refractivity contribution in [1.82, 2.24) is 0 Å². The van der Waals surface area contributed by atoms with Crippen LogP contribution < -0.4 is 10.1 Å². The predicted octanol–water partition coefficient (Wildman–Crippen LogP) is 4.03. The summed E-state index contributed by atoms with van der Waals surface area (Å²) >= 11 is 0. The molecule has 0 aromatic heterocycles. The van der Waals surface area contributed by atoms with Crippen LogP contribution >= 0.6 is 0 Å². The second-order valence-corrected chi connectivity index (χ2v) is 4.96. The molecule has 0 fully saturated rings. The predicted molar refractivity (Wildman–Crippen MR) is 87.9 cm³/mol. The van der Waals surface area contributed by atoms with Gasteiger partial charge in [-0.1, -0.05) is 25.5 Å². The zero-order valence-corrected chi connectivity index (χ0v) is 12.8. The van der Waals surface area contributed by atoms with Gasteiger partial charge >= 0.3 is 0 Å². The average molecular weight is 314 g/mol. The number of unbranched alkanes of at least 4 members (excludes halogenated alkanes) is 1. The summed E-state index contributed by atoms with van der Waals surface area (Å²) in [5.41, 5.74) is 0.871. The molecule has 1 N–H and O–H groups in total. The van der Waals surface area contributed by atoms with E-state index in [2.05, 4.69) is 12.2 Å². The van der Waals surface area contributed by atoms with Gasteiger partial charge in [0.1, 0.15) is 5.75 Å². The van der Waals surface area contributed by atoms with E-state index in [1.165, 1.54) is 24.3 Å². The zero-order valence-electron chi connectivity index (χ0n) is 12.8. The fourth-order valence-corrected chi connectivity index (χ4v) is 1.95. The summed E-state index contributed by atoms with van der Waals surface area (Å²) in [6, 6.07) is 12.6. The van der Waals surface area contributed by atoms with Crippen LogP contribution in [0.2, 0.25) is 0 Å². The largest absolute Gasteiger partial charge is 0.491 e. The Morgan fingerprint density at radius 2 is 1.87 bits per heavy atom. The normalized spacial score (nSPS) is 10.1. The second kappa shape index (κ2) is 7.93. The molecule has 23 heavy (non-hydrogen) atoms. The molecular weight excluding hydrogens is 296 g/mol. The van der Waals surface area contributed by atoms with Crippen molar-refractivity contribution in [3.8, 4) is 5.75 Å². The van der Waals surface area contributed by atoms with Crippen LogP contribution in [0.3, 0.4) is 0 Å². The van der Waals surface area contributed by atoms with Crippen molar-refractivity contribution in [2.24, 2.45) is 0 Å². The van der Waals surface area contributed by atoms with Gasteiger partial charge in [-0.15, -0.1) is 0 Å². The molecule has 6 nitrogen and oxygen atoms in total. The molecule has 0 saturated carbocycles. The number of nitrogens with zero attached hydrogens (tertiary/aromatic N) is 1. The Morgan fingerprint density at radius 1 is 1.17 bits per heavy atom. The molecule has 2 rings (SSSR count). The van der Waals surface area contributed by atoms with Crippen molar-refractivity contribution in [1.29, 1.82) is 0 Å². The van der Waals surface area contributed by atoms with E-state index in [4.69, 9.17) is 4.74 Å². The van der Waals surface area contributed by atoms with Gasteiger partial charge in [-0.2, -0.15) is 0 Å². The summed E-state index contributed by atoms with van der Waals surface area (Å²) in [4.78, 5) is 22.4. The third kappa shape index (κ3) is 4.54. The highest BCUT2D eigenvalue weighted by molar-refractivity contribution is 6.05. The maximum atomic E-state index is 12.2. The SMILES string of the molecule is CCCCOc1ccccc1NC(=O)c1ccc([N+](=O)[O-])cc1. The number of rotatable bonds is 7. The molecule has 6 heteroatoms. The lowest BCUT2D eigenvalue weighted by molar-refractivity contribution is -0.384. The number of nitro groups is 1. The number of non-ortho nitro benzene ring substituents is 1. The number of anilines is 1. The maximum Gasteiger partial charge on any atom is 0.269 e. The lowest BCUT2D eigenvalue weighted by Gasteiger charge is -2.12. The van der Waals surface area contributed by atoms with Crippen molar-refractivity contribution in [3.05, 3.63) is 64.2 Å². The number of benzene rings is 2. The van der Waals surface area contributed by atoms with E-state index < -0.39 is 4.92 Å². The Labute approximate surface area is 134 Å². The first kappa shape index (κ1) is 16.5. The Kier molecular flexibility index (Phi) is 5.68. The first-order valence-corrected chi connectivity index (χ1v) is 7.39. The van der Waals surface area contributed by atoms with Crippen molar-refractivity contribution in [3.63, 3.8) is 0 Å². The van der Waals surface area contributed by atoms with Gasteiger partial charge in [0.25, 0.3) is 11.6 Å². The number of nitrogens with one attached hydrogen (secondary N) is 1. The first-order valence-electron chi connectivity index (χ1n) is 7.39. The van der Waals surface area contributed by atoms with Crippen LogP contribution in [0.5, 0.6) is 5.75 Å². The van der Waals surface area contributed by atoms with Gasteiger partial charge in [0.05, 0.1) is 17.2 Å². The number of para-hydroxylation sites is 2. The number of carbonyl (C=O) groups excluding carboxylic acids is 1. The van der Waals surface area contributed by atoms with Gasteiger partial charge < -0.3 is 10.1 Å². The molecule has 0 atom stereocenters. The highest BCUT2D eigenvalue weighted by Crippen LogP contribution is 2.25. The quantitative estimate of drug-likeness (QED) is 0.475. The smallest absolute Gasteiger partial charge is 0.269 e. The Balaban J connectivity index is 2.09. The number of amides is 1. The standard InChI is InChI=1S/C17H18N2O4/c1-2-3-12-23-16-7-5-4-6-15(16)18-17(20)13-8-10-14(11-9-13)19(21)22/h4-11H,2-3,12H2,1H3,(H,18,20). The number of hydrogen-bond donors (Lipinski definition) is 1. The first-order chi connectivity index (χ1) is 11.1. The molecule has 120 valence electrons. The van der Waals surface area contributed by atoms with E-state index in [1.54, 1.807) is 18.2 Å². The van der Waals surface area contributed by atoms with E-state index in [1.807, 2.05) is 6.07 Å². The van der Waals surface area contributed by atoms with Crippen LogP contribution in [-0.2, 0) is 0 Å². The molecule has 0 saturated heterocycles. The minimum absolute atomic E-state index is 0.0511. The van der Waals surface area contributed by atoms with Crippen molar-refractivity contribution in [2.75, 3.05) is 11.9 Å². The van der Waals surface area contributed by atoms with Gasteiger partial charge in [0, 0.05) is 17.7 Å². The summed E-state index contributed by atoms with van der Waals surface area (Å²) in [6.07, 6.45) is 1.96. The lowest BCUT2D eigenvalue weighted by Crippen LogP contribution is -2.13. The number of hydrogen-bond acceptors (Lipinski definition) is 4. The number of ether oxygens (including phenoxy) is 1. The zero-order chi connectivity index (χ0) is 16.7. The Morgan fingerprint density at radius 3 is 2.52 bits per heavy atom. The highest BCUT2D eigenvalue weighted by Gasteiger charge is 2.11. The fourth-order valence-electron chi connectivity index (χ4n) is 1.95. The topological polar surface area (TPSA) is 81.5 Å². The Bertz CT molecular complexity index is 683. The molecule has 0 spiro atoms. The molecule has 0 aliphatic carbocycles. The summed E-state index contributed by atoms with van der Waals surface area (Å²) in [5.74, 6) is 0.266. The van der Waals surface area contributed by atoms with Crippen LogP contribution in [0.1, 0.15) is 30.1 Å². The minimum Gasteiger partial charge on any atom is -0.491 e. The highest BCUT2D eigenvalue weighted by atomic mass is 16.6. The van der Waals surface area contributed by atoms with Crippen molar-refractivity contribution >= 4 is 17.3 Å². The van der Waals surface area contributed by atoms with Gasteiger partial charge in [-0.25, -0.2) is 0 Å². The lowest BCUT2D eigenvalue weighted by atomic mass is 10.2. The van der Waals surface area contributed by atoms with Gasteiger partial charge in [-0.3, -0.25) is 14.9 Å². The van der Waals surface area contributed by atoms with Gasteiger partial charge in [0.15, 0.2) is 0 Å². The van der Waals surface area contributed by atoms with Crippen LogP contribution in [0.15, 0.2) is 48.5 Å². The molecule has 0 bridgehead atoms. The molecule has 1 amide bonds. The van der Waals surface area contributed by atoms with Crippen LogP contribution in [-0.4, -0.2) is 17.4 Å². The molecule has 0 unspecified atom stereocenters. The third-order valence-electron chi connectivity index (χ3n) is 3.23. The number of carbonyl (C=O) groups is 1. The fraction of sp³-hybridized carbons (Fsp3) is 0.235. The van der Waals surface area contributed by atoms with Crippen LogP contribution in [0, 0.1) is 10.1 Å². The molecular formula is C17H18N2O4. The van der Waals surface area contributed by atoms with Gasteiger partial charge in [-0.05, 0) is 30.7 Å². The molecule has 2 aromatic rings. The van der Waals surface area contributed by atoms with Crippen LogP contribution in [0.4, 0.5) is 11.4 Å². The monoisotopic (exact) mass is 314 g/mol. The molecule has 0 heterocycles. The Hall–Kier alpha value is -2.89. The van der Waals surface area contributed by atoms with E-state index in [0.717, 1.165) is 12.8 Å². The maximum absolute atomic E-state index is 12.2. The summed E-state index contributed by atoms with van der Waals surface area (Å²) in [5, 5.41) is 13.4. The minimum atomic E-state index is -0.501. The van der Waals surface area contributed by atoms with Crippen molar-refractivity contribution in [2.45, 2.75) is 19.8 Å². The molecule has 2 aromatic carbocycles. The van der Waals surface area contributed by atoms with Gasteiger partial charge in [0.2, 0.25) is 0 Å². The summed E-state index contributed by atoms with van der Waals surface area (Å²) in [6.45, 7) is 2.66. The molecule has 0 aliphatic heterocycles. The summed E-state index contributed by atoms with van der Waals surface area (Å²) in [7, 11) is 0. The van der Waals surface area contributed by atoms with E-state index >= 15 is 0 Å².